The molecular formula is C13H14FN3O2. The fourth-order valence-corrected chi connectivity index (χ4v) is 2.31. The molecule has 1 fully saturated rings. The van der Waals surface area contributed by atoms with Crippen LogP contribution in [-0.4, -0.2) is 21.8 Å². The third-order valence-electron chi connectivity index (χ3n) is 3.79. The second kappa shape index (κ2) is 4.31. The Morgan fingerprint density at radius 3 is 2.79 bits per heavy atom. The maximum Gasteiger partial charge on any atom is 0.234 e. The van der Waals surface area contributed by atoms with Crippen molar-refractivity contribution in [3.8, 4) is 17.1 Å². The number of hydrogen-bond acceptors (Lipinski definition) is 5. The first-order chi connectivity index (χ1) is 9.14. The Morgan fingerprint density at radius 1 is 1.42 bits per heavy atom. The van der Waals surface area contributed by atoms with Crippen LogP contribution in [-0.2, 0) is 5.41 Å². The first-order valence-electron chi connectivity index (χ1n) is 6.18. The molecule has 1 heterocycles. The molecule has 3 N–H and O–H groups in total. The molecule has 5 nitrogen and oxygen atoms in total. The second-order valence-corrected chi connectivity index (χ2v) is 4.93. The van der Waals surface area contributed by atoms with Gasteiger partial charge in [-0.1, -0.05) is 11.6 Å². The minimum atomic E-state index is -0.707. The van der Waals surface area contributed by atoms with Crippen LogP contribution in [0, 0.1) is 5.82 Å². The number of aromatic nitrogens is 2. The fourth-order valence-electron chi connectivity index (χ4n) is 2.31. The van der Waals surface area contributed by atoms with Gasteiger partial charge in [-0.15, -0.1) is 0 Å². The molecule has 0 aliphatic heterocycles. The zero-order valence-corrected chi connectivity index (χ0v) is 10.3. The van der Waals surface area contributed by atoms with Crippen molar-refractivity contribution in [1.29, 1.82) is 0 Å². The molecule has 1 aromatic heterocycles. The van der Waals surface area contributed by atoms with Crippen LogP contribution < -0.4 is 5.73 Å². The predicted octanol–water partition coefficient (Wildman–Crippen LogP) is 1.96. The molecule has 1 aliphatic carbocycles. The number of halogens is 1. The van der Waals surface area contributed by atoms with Gasteiger partial charge in [0.1, 0.15) is 0 Å². The molecule has 0 bridgehead atoms. The summed E-state index contributed by atoms with van der Waals surface area (Å²) in [5, 5.41) is 13.0. The van der Waals surface area contributed by atoms with Crippen molar-refractivity contribution >= 4 is 0 Å². The smallest absolute Gasteiger partial charge is 0.234 e. The molecule has 0 saturated heterocycles. The van der Waals surface area contributed by atoms with Gasteiger partial charge in [-0.25, -0.2) is 4.39 Å². The van der Waals surface area contributed by atoms with Crippen LogP contribution in [0.3, 0.4) is 0 Å². The maximum atomic E-state index is 13.3. The molecule has 100 valence electrons. The van der Waals surface area contributed by atoms with Gasteiger partial charge >= 0.3 is 0 Å². The Bertz CT molecular complexity index is 602. The van der Waals surface area contributed by atoms with Gasteiger partial charge in [0.2, 0.25) is 11.7 Å². The summed E-state index contributed by atoms with van der Waals surface area (Å²) in [7, 11) is 0. The number of aromatic hydroxyl groups is 1. The zero-order chi connectivity index (χ0) is 13.5. The minimum Gasteiger partial charge on any atom is -0.505 e. The monoisotopic (exact) mass is 263 g/mol. The van der Waals surface area contributed by atoms with E-state index >= 15 is 0 Å². The van der Waals surface area contributed by atoms with Crippen LogP contribution in [0.1, 0.15) is 25.2 Å². The van der Waals surface area contributed by atoms with E-state index in [1.807, 2.05) is 0 Å². The molecule has 0 amide bonds. The number of nitrogens with two attached hydrogens (primary N) is 1. The van der Waals surface area contributed by atoms with Crippen molar-refractivity contribution in [2.24, 2.45) is 5.73 Å². The van der Waals surface area contributed by atoms with E-state index in [2.05, 4.69) is 10.1 Å². The first kappa shape index (κ1) is 12.1. The second-order valence-electron chi connectivity index (χ2n) is 4.93. The number of nitrogens with zero attached hydrogens (tertiary/aromatic N) is 2. The third-order valence-corrected chi connectivity index (χ3v) is 3.79. The van der Waals surface area contributed by atoms with Crippen LogP contribution in [0.2, 0.25) is 0 Å². The molecule has 0 unspecified atom stereocenters. The van der Waals surface area contributed by atoms with E-state index in [0.29, 0.717) is 23.8 Å². The number of benzene rings is 1. The van der Waals surface area contributed by atoms with Gasteiger partial charge in [0.25, 0.3) is 0 Å². The summed E-state index contributed by atoms with van der Waals surface area (Å²) in [4.78, 5) is 4.31. The highest BCUT2D eigenvalue weighted by Crippen LogP contribution is 2.42. The molecule has 6 heteroatoms. The molecule has 3 rings (SSSR count). The molecule has 2 aromatic rings. The molecule has 19 heavy (non-hydrogen) atoms. The number of rotatable bonds is 3. The number of phenols is 1. The van der Waals surface area contributed by atoms with E-state index < -0.39 is 11.6 Å². The zero-order valence-electron chi connectivity index (χ0n) is 10.3. The minimum absolute atomic E-state index is 0.208. The predicted molar refractivity (Wildman–Crippen MR) is 65.9 cm³/mol. The Balaban J connectivity index is 1.94. The first-order valence-corrected chi connectivity index (χ1v) is 6.18. The van der Waals surface area contributed by atoms with Crippen LogP contribution in [0.5, 0.6) is 5.75 Å². The average Bonchev–Trinajstić information content (AvgIpc) is 2.82. The summed E-state index contributed by atoms with van der Waals surface area (Å²) in [6.07, 6.45) is 2.98. The van der Waals surface area contributed by atoms with Gasteiger partial charge < -0.3 is 15.4 Å². The molecule has 0 spiro atoms. The van der Waals surface area contributed by atoms with Crippen molar-refractivity contribution < 1.29 is 14.0 Å². The highest BCUT2D eigenvalue weighted by molar-refractivity contribution is 5.56. The normalized spacial score (nSPS) is 17.2. The average molecular weight is 263 g/mol. The van der Waals surface area contributed by atoms with E-state index in [1.54, 1.807) is 6.07 Å². The van der Waals surface area contributed by atoms with Crippen molar-refractivity contribution in [2.75, 3.05) is 6.54 Å². The molecule has 0 atom stereocenters. The van der Waals surface area contributed by atoms with E-state index in [-0.39, 0.29) is 5.41 Å². The number of hydrogen-bond donors (Lipinski definition) is 2. The Hall–Kier alpha value is -1.95. The van der Waals surface area contributed by atoms with Crippen molar-refractivity contribution in [2.45, 2.75) is 24.7 Å². The standard InChI is InChI=1S/C13H14FN3O2/c14-9-6-8(2-3-10(9)18)11-16-12(19-17-11)13(7-15)4-1-5-13/h2-3,6,18H,1,4-5,7,15H2. The molecular weight excluding hydrogens is 249 g/mol. The summed E-state index contributed by atoms with van der Waals surface area (Å²) < 4.78 is 18.6. The highest BCUT2D eigenvalue weighted by Gasteiger charge is 2.42. The SMILES string of the molecule is NCC1(c2nc(-c3ccc(O)c(F)c3)no2)CCC1. The summed E-state index contributed by atoms with van der Waals surface area (Å²) >= 11 is 0. The fraction of sp³-hybridized carbons (Fsp3) is 0.385. The van der Waals surface area contributed by atoms with Crippen LogP contribution in [0.4, 0.5) is 4.39 Å². The van der Waals surface area contributed by atoms with Gasteiger partial charge in [0, 0.05) is 12.1 Å². The molecule has 1 aliphatic rings. The van der Waals surface area contributed by atoms with E-state index in [9.17, 15) is 4.39 Å². The van der Waals surface area contributed by atoms with Crippen molar-refractivity contribution in [3.05, 3.63) is 29.9 Å². The quantitative estimate of drug-likeness (QED) is 0.884. The summed E-state index contributed by atoms with van der Waals surface area (Å²) in [6, 6.07) is 3.99. The van der Waals surface area contributed by atoms with Crippen LogP contribution in [0.25, 0.3) is 11.4 Å². The van der Waals surface area contributed by atoms with E-state index in [0.717, 1.165) is 19.3 Å². The van der Waals surface area contributed by atoms with Crippen molar-refractivity contribution in [3.63, 3.8) is 0 Å². The van der Waals surface area contributed by atoms with E-state index in [1.165, 1.54) is 12.1 Å². The largest absolute Gasteiger partial charge is 0.505 e. The lowest BCUT2D eigenvalue weighted by molar-refractivity contribution is 0.182. The maximum absolute atomic E-state index is 13.3. The Morgan fingerprint density at radius 2 is 2.21 bits per heavy atom. The topological polar surface area (TPSA) is 85.2 Å². The van der Waals surface area contributed by atoms with Gasteiger partial charge in [0.05, 0.1) is 5.41 Å². The van der Waals surface area contributed by atoms with Gasteiger partial charge in [-0.3, -0.25) is 0 Å². The van der Waals surface area contributed by atoms with Gasteiger partial charge in [-0.05, 0) is 31.0 Å². The lowest BCUT2D eigenvalue weighted by Gasteiger charge is -2.36. The Kier molecular flexibility index (Phi) is 2.74. The summed E-state index contributed by atoms with van der Waals surface area (Å²) in [6.45, 7) is 0.471. The number of phenolic OH excluding ortho intramolecular Hbond substituents is 1. The molecule has 1 aromatic carbocycles. The highest BCUT2D eigenvalue weighted by atomic mass is 19.1. The molecule has 1 saturated carbocycles. The van der Waals surface area contributed by atoms with E-state index in [4.69, 9.17) is 15.4 Å². The molecule has 0 radical (unpaired) electrons. The third kappa shape index (κ3) is 1.88. The van der Waals surface area contributed by atoms with Crippen LogP contribution >= 0.6 is 0 Å². The Labute approximate surface area is 109 Å². The van der Waals surface area contributed by atoms with Gasteiger partial charge in [-0.2, -0.15) is 4.98 Å². The van der Waals surface area contributed by atoms with Gasteiger partial charge in [0.15, 0.2) is 11.6 Å². The lowest BCUT2D eigenvalue weighted by Crippen LogP contribution is -2.41. The van der Waals surface area contributed by atoms with Crippen LogP contribution in [0.15, 0.2) is 22.7 Å². The summed E-state index contributed by atoms with van der Waals surface area (Å²) in [5.41, 5.74) is 6.03. The lowest BCUT2D eigenvalue weighted by atomic mass is 9.69. The summed E-state index contributed by atoms with van der Waals surface area (Å²) in [5.74, 6) is -0.274. The van der Waals surface area contributed by atoms with Crippen molar-refractivity contribution in [1.82, 2.24) is 10.1 Å².